The van der Waals surface area contributed by atoms with Gasteiger partial charge in [0, 0.05) is 6.54 Å². The quantitative estimate of drug-likeness (QED) is 0.770. The fraction of sp³-hybridized carbons (Fsp3) is 0.462. The van der Waals surface area contributed by atoms with E-state index in [1.165, 1.54) is 0 Å². The second kappa shape index (κ2) is 6.61. The second-order valence-electron chi connectivity index (χ2n) is 4.53. The minimum absolute atomic E-state index is 0.205. The van der Waals surface area contributed by atoms with Crippen LogP contribution in [0.3, 0.4) is 0 Å². The smallest absolute Gasteiger partial charge is 0.319 e. The minimum Gasteiger partial charge on any atom is -0.388 e. The Balaban J connectivity index is 2.46. The van der Waals surface area contributed by atoms with Gasteiger partial charge in [0.15, 0.2) is 0 Å². The zero-order chi connectivity index (χ0) is 13.6. The summed E-state index contributed by atoms with van der Waals surface area (Å²) in [6.07, 6.45) is 1.50. The van der Waals surface area contributed by atoms with Gasteiger partial charge in [-0.15, -0.1) is 0 Å². The number of hydrogen-bond acceptors (Lipinski definition) is 2. The van der Waals surface area contributed by atoms with E-state index in [9.17, 15) is 9.90 Å². The number of urea groups is 1. The summed E-state index contributed by atoms with van der Waals surface area (Å²) in [5, 5.41) is 15.7. The normalized spacial score (nSPS) is 13.8. The van der Waals surface area contributed by atoms with Crippen LogP contribution in [0, 0.1) is 0 Å². The van der Waals surface area contributed by atoms with Crippen molar-refractivity contribution in [3.8, 4) is 0 Å². The number of amides is 2. The molecule has 0 aliphatic rings. The molecule has 0 saturated carbocycles. The van der Waals surface area contributed by atoms with Gasteiger partial charge in [0.25, 0.3) is 0 Å². The Morgan fingerprint density at radius 3 is 2.72 bits per heavy atom. The molecule has 1 rings (SSSR count). The van der Waals surface area contributed by atoms with Crippen LogP contribution < -0.4 is 10.6 Å². The number of nitrogens with one attached hydrogen (secondary N) is 2. The molecule has 0 fully saturated rings. The number of hydrogen-bond donors (Lipinski definition) is 3. The molecule has 100 valence electrons. The highest BCUT2D eigenvalue weighted by atomic mass is 35.5. The third-order valence-corrected chi connectivity index (χ3v) is 2.87. The number of halogens is 1. The van der Waals surface area contributed by atoms with Crippen molar-refractivity contribution in [3.05, 3.63) is 29.3 Å². The highest BCUT2D eigenvalue weighted by Crippen LogP contribution is 2.20. The summed E-state index contributed by atoms with van der Waals surface area (Å²) in [5.74, 6) is 0. The standard InChI is InChI=1S/C13H19ClN2O2/c1-3-8-13(2,18)9-15-12(17)16-11-7-5-4-6-10(11)14/h4-7,18H,3,8-9H2,1-2H3,(H2,15,16,17). The molecule has 0 aliphatic heterocycles. The number of rotatable bonds is 5. The number of para-hydroxylation sites is 1. The van der Waals surface area contributed by atoms with Crippen LogP contribution in [0.25, 0.3) is 0 Å². The van der Waals surface area contributed by atoms with E-state index in [-0.39, 0.29) is 12.6 Å². The predicted molar refractivity (Wildman–Crippen MR) is 74.0 cm³/mol. The first-order chi connectivity index (χ1) is 8.44. The molecule has 4 nitrogen and oxygen atoms in total. The van der Waals surface area contributed by atoms with Gasteiger partial charge >= 0.3 is 6.03 Å². The SMILES string of the molecule is CCCC(C)(O)CNC(=O)Nc1ccccc1Cl. The maximum absolute atomic E-state index is 11.6. The number of aliphatic hydroxyl groups is 1. The van der Waals surface area contributed by atoms with Crippen LogP contribution in [0.15, 0.2) is 24.3 Å². The van der Waals surface area contributed by atoms with Gasteiger partial charge in [0.2, 0.25) is 0 Å². The number of carbonyl (C=O) groups is 1. The average molecular weight is 271 g/mol. The Morgan fingerprint density at radius 2 is 2.11 bits per heavy atom. The summed E-state index contributed by atoms with van der Waals surface area (Å²) in [5.41, 5.74) is -0.334. The molecule has 1 aromatic rings. The molecule has 3 N–H and O–H groups in total. The number of anilines is 1. The minimum atomic E-state index is -0.882. The van der Waals surface area contributed by atoms with Gasteiger partial charge in [-0.1, -0.05) is 37.1 Å². The van der Waals surface area contributed by atoms with E-state index in [1.54, 1.807) is 31.2 Å². The molecule has 1 unspecified atom stereocenters. The van der Waals surface area contributed by atoms with Crippen molar-refractivity contribution in [2.75, 3.05) is 11.9 Å². The third-order valence-electron chi connectivity index (χ3n) is 2.54. The molecule has 1 atom stereocenters. The molecular formula is C13H19ClN2O2. The van der Waals surface area contributed by atoms with E-state index < -0.39 is 5.60 Å². The van der Waals surface area contributed by atoms with Crippen molar-refractivity contribution in [3.63, 3.8) is 0 Å². The highest BCUT2D eigenvalue weighted by Gasteiger charge is 2.19. The van der Waals surface area contributed by atoms with E-state index >= 15 is 0 Å². The average Bonchev–Trinajstić information content (AvgIpc) is 2.30. The molecular weight excluding hydrogens is 252 g/mol. The Labute approximate surface area is 112 Å². The van der Waals surface area contributed by atoms with E-state index in [4.69, 9.17) is 11.6 Å². The first kappa shape index (κ1) is 14.8. The van der Waals surface area contributed by atoms with Crippen LogP contribution in [0.5, 0.6) is 0 Å². The lowest BCUT2D eigenvalue weighted by molar-refractivity contribution is 0.0529. The van der Waals surface area contributed by atoms with Crippen molar-refractivity contribution in [1.29, 1.82) is 0 Å². The van der Waals surface area contributed by atoms with Crippen molar-refractivity contribution < 1.29 is 9.90 Å². The zero-order valence-corrected chi connectivity index (χ0v) is 11.4. The fourth-order valence-corrected chi connectivity index (χ4v) is 1.81. The van der Waals surface area contributed by atoms with Crippen molar-refractivity contribution >= 4 is 23.3 Å². The summed E-state index contributed by atoms with van der Waals surface area (Å²) in [6.45, 7) is 3.89. The van der Waals surface area contributed by atoms with E-state index in [0.29, 0.717) is 17.1 Å². The Hall–Kier alpha value is -1.26. The number of carbonyl (C=O) groups excluding carboxylic acids is 1. The molecule has 0 saturated heterocycles. The van der Waals surface area contributed by atoms with Crippen molar-refractivity contribution in [2.45, 2.75) is 32.3 Å². The van der Waals surface area contributed by atoms with Crippen LogP contribution >= 0.6 is 11.6 Å². The highest BCUT2D eigenvalue weighted by molar-refractivity contribution is 6.33. The molecule has 18 heavy (non-hydrogen) atoms. The molecule has 0 bridgehead atoms. The fourth-order valence-electron chi connectivity index (χ4n) is 1.63. The van der Waals surface area contributed by atoms with Crippen LogP contribution in [0.2, 0.25) is 5.02 Å². The van der Waals surface area contributed by atoms with Crippen LogP contribution in [-0.2, 0) is 0 Å². The summed E-state index contributed by atoms with van der Waals surface area (Å²) >= 11 is 5.92. The first-order valence-electron chi connectivity index (χ1n) is 5.96. The van der Waals surface area contributed by atoms with E-state index in [0.717, 1.165) is 6.42 Å². The number of benzene rings is 1. The third kappa shape index (κ3) is 4.94. The molecule has 0 aromatic heterocycles. The molecule has 0 aliphatic carbocycles. The molecule has 0 heterocycles. The topological polar surface area (TPSA) is 61.4 Å². The second-order valence-corrected chi connectivity index (χ2v) is 4.94. The van der Waals surface area contributed by atoms with Crippen LogP contribution in [0.4, 0.5) is 10.5 Å². The largest absolute Gasteiger partial charge is 0.388 e. The van der Waals surface area contributed by atoms with Crippen molar-refractivity contribution in [1.82, 2.24) is 5.32 Å². The van der Waals surface area contributed by atoms with Gasteiger partial charge < -0.3 is 15.7 Å². The maximum Gasteiger partial charge on any atom is 0.319 e. The van der Waals surface area contributed by atoms with E-state index in [1.807, 2.05) is 6.92 Å². The summed E-state index contributed by atoms with van der Waals surface area (Å²) in [4.78, 5) is 11.6. The summed E-state index contributed by atoms with van der Waals surface area (Å²) in [7, 11) is 0. The maximum atomic E-state index is 11.6. The summed E-state index contributed by atoms with van der Waals surface area (Å²) < 4.78 is 0. The molecule has 2 amide bonds. The molecule has 1 aromatic carbocycles. The molecule has 5 heteroatoms. The zero-order valence-electron chi connectivity index (χ0n) is 10.7. The molecule has 0 radical (unpaired) electrons. The van der Waals surface area contributed by atoms with Gasteiger partial charge in [-0.05, 0) is 25.5 Å². The predicted octanol–water partition coefficient (Wildman–Crippen LogP) is 3.01. The lowest BCUT2D eigenvalue weighted by Crippen LogP contribution is -2.42. The van der Waals surface area contributed by atoms with Crippen LogP contribution in [-0.4, -0.2) is 23.3 Å². The van der Waals surface area contributed by atoms with Gasteiger partial charge in [-0.25, -0.2) is 4.79 Å². The Morgan fingerprint density at radius 1 is 1.44 bits per heavy atom. The van der Waals surface area contributed by atoms with Gasteiger partial charge in [0.05, 0.1) is 16.3 Å². The van der Waals surface area contributed by atoms with Gasteiger partial charge in [-0.3, -0.25) is 0 Å². The monoisotopic (exact) mass is 270 g/mol. The lowest BCUT2D eigenvalue weighted by atomic mass is 10.0. The Kier molecular flexibility index (Phi) is 5.44. The van der Waals surface area contributed by atoms with Crippen molar-refractivity contribution in [2.24, 2.45) is 0 Å². The van der Waals surface area contributed by atoms with E-state index in [2.05, 4.69) is 10.6 Å². The summed E-state index contributed by atoms with van der Waals surface area (Å²) in [6, 6.07) is 6.61. The lowest BCUT2D eigenvalue weighted by Gasteiger charge is -2.23. The van der Waals surface area contributed by atoms with Gasteiger partial charge in [-0.2, -0.15) is 0 Å². The molecule has 0 spiro atoms. The first-order valence-corrected chi connectivity index (χ1v) is 6.34. The van der Waals surface area contributed by atoms with Gasteiger partial charge in [0.1, 0.15) is 0 Å². The Bertz CT molecular complexity index is 408. The van der Waals surface area contributed by atoms with Crippen LogP contribution in [0.1, 0.15) is 26.7 Å².